The molecule has 1 saturated heterocycles. The smallest absolute Gasteiger partial charge is 0.160 e. The third-order valence-electron chi connectivity index (χ3n) is 3.84. The highest BCUT2D eigenvalue weighted by Crippen LogP contribution is 2.37. The fourth-order valence-corrected chi connectivity index (χ4v) is 2.81. The molecule has 96 valence electrons. The maximum atomic E-state index is 9.83. The van der Waals surface area contributed by atoms with Crippen LogP contribution in [0, 0.1) is 6.42 Å². The third kappa shape index (κ3) is 2.06. The first-order valence-electron chi connectivity index (χ1n) is 6.51. The van der Waals surface area contributed by atoms with Crippen molar-refractivity contribution in [1.29, 1.82) is 0 Å². The first-order chi connectivity index (χ1) is 8.75. The number of piperazine rings is 1. The van der Waals surface area contributed by atoms with E-state index in [1.54, 1.807) is 6.07 Å². The van der Waals surface area contributed by atoms with Gasteiger partial charge in [0.25, 0.3) is 0 Å². The average Bonchev–Trinajstić information content (AvgIpc) is 2.44. The molecule has 0 bridgehead atoms. The zero-order valence-corrected chi connectivity index (χ0v) is 10.3. The molecule has 18 heavy (non-hydrogen) atoms. The lowest BCUT2D eigenvalue weighted by Crippen LogP contribution is -2.49. The molecule has 0 spiro atoms. The van der Waals surface area contributed by atoms with Gasteiger partial charge in [-0.3, -0.25) is 4.90 Å². The summed E-state index contributed by atoms with van der Waals surface area (Å²) in [6, 6.07) is 3.73. The summed E-state index contributed by atoms with van der Waals surface area (Å²) in [6.07, 6.45) is 5.23. The SMILES string of the molecule is Oc1ccc2c(c1O)CCC(N1CCNCC1)[C]2. The molecule has 4 nitrogen and oxygen atoms in total. The molecule has 1 atom stereocenters. The van der Waals surface area contributed by atoms with Crippen LogP contribution in [0.15, 0.2) is 12.1 Å². The van der Waals surface area contributed by atoms with E-state index >= 15 is 0 Å². The second kappa shape index (κ2) is 4.78. The number of phenolic OH excluding ortho intramolecular Hbond substituents is 2. The molecule has 1 aliphatic heterocycles. The van der Waals surface area contributed by atoms with Crippen LogP contribution in [0.2, 0.25) is 0 Å². The van der Waals surface area contributed by atoms with Crippen molar-refractivity contribution in [2.75, 3.05) is 26.2 Å². The number of hydrogen-bond acceptors (Lipinski definition) is 4. The monoisotopic (exact) mass is 246 g/mol. The van der Waals surface area contributed by atoms with E-state index < -0.39 is 0 Å². The van der Waals surface area contributed by atoms with Crippen LogP contribution < -0.4 is 5.32 Å². The molecular formula is C14H18N2O2. The molecule has 0 amide bonds. The second-order valence-corrected chi connectivity index (χ2v) is 4.94. The normalized spacial score (nSPS) is 24.8. The lowest BCUT2D eigenvalue weighted by Gasteiger charge is -2.37. The van der Waals surface area contributed by atoms with Gasteiger partial charge in [-0.05, 0) is 24.5 Å². The summed E-state index contributed by atoms with van der Waals surface area (Å²) in [6.45, 7) is 4.17. The summed E-state index contributed by atoms with van der Waals surface area (Å²) in [5, 5.41) is 22.7. The van der Waals surface area contributed by atoms with E-state index in [0.29, 0.717) is 6.04 Å². The third-order valence-corrected chi connectivity index (χ3v) is 3.84. The van der Waals surface area contributed by atoms with E-state index in [0.717, 1.165) is 50.1 Å². The zero-order chi connectivity index (χ0) is 12.5. The molecule has 1 aromatic carbocycles. The van der Waals surface area contributed by atoms with E-state index in [-0.39, 0.29) is 11.5 Å². The first kappa shape index (κ1) is 11.8. The molecule has 2 radical (unpaired) electrons. The minimum atomic E-state index is -0.0313. The highest BCUT2D eigenvalue weighted by molar-refractivity contribution is 5.53. The zero-order valence-electron chi connectivity index (χ0n) is 10.3. The van der Waals surface area contributed by atoms with Crippen molar-refractivity contribution < 1.29 is 10.2 Å². The van der Waals surface area contributed by atoms with Gasteiger partial charge in [0.2, 0.25) is 0 Å². The van der Waals surface area contributed by atoms with E-state index in [1.807, 2.05) is 6.07 Å². The molecule has 3 N–H and O–H groups in total. The maximum absolute atomic E-state index is 9.83. The van der Waals surface area contributed by atoms with E-state index in [1.165, 1.54) is 0 Å². The summed E-state index contributed by atoms with van der Waals surface area (Å²) >= 11 is 0. The van der Waals surface area contributed by atoms with Crippen LogP contribution in [0.1, 0.15) is 17.5 Å². The number of phenols is 2. The van der Waals surface area contributed by atoms with Crippen molar-refractivity contribution in [3.8, 4) is 11.5 Å². The first-order valence-corrected chi connectivity index (χ1v) is 6.51. The lowest BCUT2D eigenvalue weighted by molar-refractivity contribution is 0.183. The number of fused-ring (bicyclic) bond motifs is 1. The van der Waals surface area contributed by atoms with Gasteiger partial charge >= 0.3 is 0 Å². The van der Waals surface area contributed by atoms with Crippen LogP contribution in [0.3, 0.4) is 0 Å². The molecule has 1 aliphatic carbocycles. The molecule has 2 aliphatic rings. The fourth-order valence-electron chi connectivity index (χ4n) is 2.81. The topological polar surface area (TPSA) is 55.7 Å². The molecule has 1 unspecified atom stereocenters. The molecule has 0 aromatic heterocycles. The van der Waals surface area contributed by atoms with Gasteiger partial charge in [0.15, 0.2) is 11.5 Å². The summed E-state index contributed by atoms with van der Waals surface area (Å²) in [5.74, 6) is -0.00469. The number of aromatic hydroxyl groups is 2. The number of hydrogen-bond donors (Lipinski definition) is 3. The molecule has 1 heterocycles. The fraction of sp³-hybridized carbons (Fsp3) is 0.500. The molecule has 4 heteroatoms. The van der Waals surface area contributed by atoms with E-state index in [9.17, 15) is 10.2 Å². The van der Waals surface area contributed by atoms with Crippen LogP contribution in [-0.2, 0) is 6.42 Å². The van der Waals surface area contributed by atoms with Crippen LogP contribution in [0.4, 0.5) is 0 Å². The Morgan fingerprint density at radius 2 is 2.00 bits per heavy atom. The van der Waals surface area contributed by atoms with Crippen LogP contribution in [-0.4, -0.2) is 47.3 Å². The largest absolute Gasteiger partial charge is 0.504 e. The minimum Gasteiger partial charge on any atom is -0.504 e. The van der Waals surface area contributed by atoms with E-state index in [2.05, 4.69) is 16.6 Å². The molecular weight excluding hydrogens is 228 g/mol. The van der Waals surface area contributed by atoms with Crippen molar-refractivity contribution in [2.24, 2.45) is 0 Å². The van der Waals surface area contributed by atoms with Crippen LogP contribution >= 0.6 is 0 Å². The molecule has 1 aromatic rings. The molecule has 1 fully saturated rings. The summed E-state index contributed by atoms with van der Waals surface area (Å²) in [4.78, 5) is 2.43. The Morgan fingerprint density at radius 3 is 2.78 bits per heavy atom. The van der Waals surface area contributed by atoms with Gasteiger partial charge in [0.05, 0.1) is 0 Å². The molecule has 0 saturated carbocycles. The number of benzene rings is 1. The lowest BCUT2D eigenvalue weighted by atomic mass is 9.86. The Hall–Kier alpha value is -1.26. The number of nitrogens with zero attached hydrogens (tertiary/aromatic N) is 1. The predicted molar refractivity (Wildman–Crippen MR) is 68.7 cm³/mol. The highest BCUT2D eigenvalue weighted by Gasteiger charge is 2.27. The standard InChI is InChI=1S/C14H18N2O2/c17-13-4-1-10-9-11(2-3-12(10)14(13)18)16-7-5-15-6-8-16/h1,4,11,15,17-18H,2-3,5-8H2. The quantitative estimate of drug-likeness (QED) is 0.640. The maximum Gasteiger partial charge on any atom is 0.160 e. The van der Waals surface area contributed by atoms with Crippen molar-refractivity contribution in [1.82, 2.24) is 10.2 Å². The summed E-state index contributed by atoms with van der Waals surface area (Å²) in [5.41, 5.74) is 1.78. The van der Waals surface area contributed by atoms with Gasteiger partial charge in [-0.25, -0.2) is 0 Å². The van der Waals surface area contributed by atoms with Crippen molar-refractivity contribution >= 4 is 0 Å². The second-order valence-electron chi connectivity index (χ2n) is 4.94. The number of nitrogens with one attached hydrogen (secondary N) is 1. The van der Waals surface area contributed by atoms with Gasteiger partial charge in [-0.15, -0.1) is 0 Å². The van der Waals surface area contributed by atoms with Gasteiger partial charge < -0.3 is 15.5 Å². The molecule has 3 rings (SSSR count). The van der Waals surface area contributed by atoms with Gasteiger partial charge in [0, 0.05) is 44.2 Å². The van der Waals surface area contributed by atoms with Gasteiger partial charge in [0.1, 0.15) is 0 Å². The Labute approximate surface area is 107 Å². The van der Waals surface area contributed by atoms with Gasteiger partial charge in [-0.2, -0.15) is 0 Å². The Morgan fingerprint density at radius 1 is 1.22 bits per heavy atom. The summed E-state index contributed by atoms with van der Waals surface area (Å²) < 4.78 is 0. The van der Waals surface area contributed by atoms with Gasteiger partial charge in [-0.1, -0.05) is 6.07 Å². The predicted octanol–water partition coefficient (Wildman–Crippen LogP) is 0.747. The van der Waals surface area contributed by atoms with E-state index in [4.69, 9.17) is 0 Å². The highest BCUT2D eigenvalue weighted by atomic mass is 16.3. The van der Waals surface area contributed by atoms with Crippen LogP contribution in [0.5, 0.6) is 11.5 Å². The number of rotatable bonds is 1. The average molecular weight is 246 g/mol. The van der Waals surface area contributed by atoms with Crippen molar-refractivity contribution in [2.45, 2.75) is 18.9 Å². The van der Waals surface area contributed by atoms with Crippen LogP contribution in [0.25, 0.3) is 0 Å². The van der Waals surface area contributed by atoms with Crippen molar-refractivity contribution in [3.05, 3.63) is 29.7 Å². The Kier molecular flexibility index (Phi) is 3.14. The Bertz CT molecular complexity index is 442. The Balaban J connectivity index is 1.78. The van der Waals surface area contributed by atoms with Crippen molar-refractivity contribution in [3.63, 3.8) is 0 Å². The summed E-state index contributed by atoms with van der Waals surface area (Å²) in [7, 11) is 0. The minimum absolute atomic E-state index is 0.0266.